The van der Waals surface area contributed by atoms with Crippen LogP contribution in [0.2, 0.25) is 0 Å². The molecule has 0 unspecified atom stereocenters. The summed E-state index contributed by atoms with van der Waals surface area (Å²) in [6.07, 6.45) is 2.31. The van der Waals surface area contributed by atoms with E-state index in [0.717, 1.165) is 10.0 Å². The van der Waals surface area contributed by atoms with Gasteiger partial charge < -0.3 is 0 Å². The minimum Gasteiger partial charge on any atom is -0.276 e. The summed E-state index contributed by atoms with van der Waals surface area (Å²) in [6, 6.07) is 3.35. The molecule has 5 nitrogen and oxygen atoms in total. The molecule has 0 aliphatic heterocycles. The second-order valence-corrected chi connectivity index (χ2v) is 8.01. The molecule has 0 fully saturated rings. The summed E-state index contributed by atoms with van der Waals surface area (Å²) in [6.45, 7) is 3.83. The summed E-state index contributed by atoms with van der Waals surface area (Å²) in [5, 5.41) is 4.23. The maximum Gasteiger partial charge on any atom is 0.263 e. The summed E-state index contributed by atoms with van der Waals surface area (Å²) in [5.74, 6) is 0. The van der Waals surface area contributed by atoms with Gasteiger partial charge in [-0.3, -0.25) is 9.40 Å². The second kappa shape index (κ2) is 6.10. The zero-order chi connectivity index (χ0) is 15.8. The van der Waals surface area contributed by atoms with E-state index in [1.807, 2.05) is 13.8 Å². The lowest BCUT2D eigenvalue weighted by Crippen LogP contribution is -2.14. The third kappa shape index (κ3) is 3.49. The average molecular weight is 437 g/mol. The highest BCUT2D eigenvalue weighted by Gasteiger charge is 2.21. The molecule has 1 aromatic heterocycles. The van der Waals surface area contributed by atoms with Gasteiger partial charge >= 0.3 is 0 Å². The molecule has 1 N–H and O–H groups in total. The molecule has 114 valence electrons. The Morgan fingerprint density at radius 3 is 2.57 bits per heavy atom. The van der Waals surface area contributed by atoms with Gasteiger partial charge in [-0.15, -0.1) is 0 Å². The van der Waals surface area contributed by atoms with Crippen molar-refractivity contribution in [2.24, 2.45) is 7.05 Å². The van der Waals surface area contributed by atoms with Crippen LogP contribution in [0.5, 0.6) is 0 Å². The Hall–Kier alpha value is -0.860. The van der Waals surface area contributed by atoms with Crippen LogP contribution < -0.4 is 4.72 Å². The molecule has 0 bridgehead atoms. The predicted molar refractivity (Wildman–Crippen MR) is 90.0 cm³/mol. The lowest BCUT2D eigenvalue weighted by Gasteiger charge is -2.11. The lowest BCUT2D eigenvalue weighted by molar-refractivity contribution is 0.600. The van der Waals surface area contributed by atoms with Crippen LogP contribution in [0.4, 0.5) is 5.69 Å². The number of sulfonamides is 1. The van der Waals surface area contributed by atoms with Gasteiger partial charge in [-0.1, -0.05) is 22.9 Å². The van der Waals surface area contributed by atoms with Crippen LogP contribution in [0.15, 0.2) is 32.2 Å². The zero-order valence-corrected chi connectivity index (χ0v) is 15.8. The standard InChI is InChI=1S/C13H15Br2N3O2S/c1-4-11-12(7-18(3)16-11)17-21(19,20)13-6-9(14)8(2)5-10(13)15/h5-7,17H,4H2,1-3H3. The normalized spacial score (nSPS) is 11.7. The minimum absolute atomic E-state index is 0.186. The molecule has 0 spiro atoms. The molecule has 0 aliphatic carbocycles. The molecule has 1 heterocycles. The summed E-state index contributed by atoms with van der Waals surface area (Å²) in [5.41, 5.74) is 2.17. The topological polar surface area (TPSA) is 64.0 Å². The number of rotatable bonds is 4. The molecule has 0 atom stereocenters. The van der Waals surface area contributed by atoms with Crippen LogP contribution in [0.25, 0.3) is 0 Å². The smallest absolute Gasteiger partial charge is 0.263 e. The molecule has 0 saturated heterocycles. The molecule has 0 saturated carbocycles. The Bertz CT molecular complexity index is 785. The van der Waals surface area contributed by atoms with Gasteiger partial charge in [-0.2, -0.15) is 5.10 Å². The number of halogens is 2. The van der Waals surface area contributed by atoms with Crippen molar-refractivity contribution in [3.63, 3.8) is 0 Å². The van der Waals surface area contributed by atoms with Crippen LogP contribution in [0, 0.1) is 6.92 Å². The molecule has 21 heavy (non-hydrogen) atoms. The van der Waals surface area contributed by atoms with Crippen LogP contribution in [0.1, 0.15) is 18.2 Å². The van der Waals surface area contributed by atoms with Crippen molar-refractivity contribution in [2.75, 3.05) is 4.72 Å². The minimum atomic E-state index is -3.68. The third-order valence-corrected chi connectivity index (χ3v) is 6.17. The van der Waals surface area contributed by atoms with E-state index < -0.39 is 10.0 Å². The van der Waals surface area contributed by atoms with Gasteiger partial charge in [0.1, 0.15) is 4.90 Å². The molecular weight excluding hydrogens is 422 g/mol. The summed E-state index contributed by atoms with van der Waals surface area (Å²) < 4.78 is 30.6. The highest BCUT2D eigenvalue weighted by atomic mass is 79.9. The van der Waals surface area contributed by atoms with Gasteiger partial charge in [0.25, 0.3) is 10.0 Å². The SMILES string of the molecule is CCc1nn(C)cc1NS(=O)(=O)c1cc(Br)c(C)cc1Br. The van der Waals surface area contributed by atoms with E-state index >= 15 is 0 Å². The fraction of sp³-hybridized carbons (Fsp3) is 0.308. The van der Waals surface area contributed by atoms with E-state index in [-0.39, 0.29) is 4.90 Å². The first-order valence-corrected chi connectivity index (χ1v) is 9.32. The number of aromatic nitrogens is 2. The first-order chi connectivity index (χ1) is 9.74. The number of anilines is 1. The van der Waals surface area contributed by atoms with Gasteiger partial charge in [-0.05, 0) is 47.0 Å². The van der Waals surface area contributed by atoms with Crippen LogP contribution in [0.3, 0.4) is 0 Å². The monoisotopic (exact) mass is 435 g/mol. The number of aryl methyl sites for hydroxylation is 3. The van der Waals surface area contributed by atoms with Crippen LogP contribution >= 0.6 is 31.9 Å². The van der Waals surface area contributed by atoms with Crippen molar-refractivity contribution in [2.45, 2.75) is 25.2 Å². The highest BCUT2D eigenvalue weighted by molar-refractivity contribution is 9.11. The maximum atomic E-state index is 12.6. The quantitative estimate of drug-likeness (QED) is 0.795. The fourth-order valence-corrected chi connectivity index (χ4v) is 4.67. The lowest BCUT2D eigenvalue weighted by atomic mass is 10.2. The van der Waals surface area contributed by atoms with Gasteiger partial charge in [-0.25, -0.2) is 8.42 Å². The zero-order valence-electron chi connectivity index (χ0n) is 11.8. The predicted octanol–water partition coefficient (Wildman–Crippen LogP) is 3.62. The van der Waals surface area contributed by atoms with Gasteiger partial charge in [0.15, 0.2) is 0 Å². The average Bonchev–Trinajstić information content (AvgIpc) is 2.72. The van der Waals surface area contributed by atoms with Gasteiger partial charge in [0.2, 0.25) is 0 Å². The molecular formula is C13H15Br2N3O2S. The molecule has 1 aromatic carbocycles. The Kier molecular flexibility index (Phi) is 4.79. The Labute approximate surface area is 141 Å². The summed E-state index contributed by atoms with van der Waals surface area (Å²) in [4.78, 5) is 0.186. The number of hydrogen-bond acceptors (Lipinski definition) is 3. The first-order valence-electron chi connectivity index (χ1n) is 6.25. The van der Waals surface area contributed by atoms with Crippen LogP contribution in [-0.4, -0.2) is 18.2 Å². The fourth-order valence-electron chi connectivity index (χ4n) is 1.91. The largest absolute Gasteiger partial charge is 0.276 e. The number of hydrogen-bond donors (Lipinski definition) is 1. The molecule has 2 rings (SSSR count). The molecule has 2 aromatic rings. The molecule has 0 amide bonds. The Balaban J connectivity index is 2.45. The van der Waals surface area contributed by atoms with E-state index in [1.54, 1.807) is 30.1 Å². The Morgan fingerprint density at radius 2 is 1.95 bits per heavy atom. The molecule has 0 radical (unpaired) electrons. The molecule has 0 aliphatic rings. The third-order valence-electron chi connectivity index (χ3n) is 2.99. The van der Waals surface area contributed by atoms with E-state index in [9.17, 15) is 8.42 Å². The van der Waals surface area contributed by atoms with Crippen LogP contribution in [-0.2, 0) is 23.5 Å². The van der Waals surface area contributed by atoms with Crippen molar-refractivity contribution >= 4 is 47.6 Å². The van der Waals surface area contributed by atoms with Gasteiger partial charge in [0, 0.05) is 22.2 Å². The van der Waals surface area contributed by atoms with Crippen molar-refractivity contribution in [1.29, 1.82) is 0 Å². The van der Waals surface area contributed by atoms with Crippen molar-refractivity contribution in [1.82, 2.24) is 9.78 Å². The van der Waals surface area contributed by atoms with Crippen molar-refractivity contribution in [3.05, 3.63) is 38.5 Å². The maximum absolute atomic E-state index is 12.6. The number of nitrogens with one attached hydrogen (secondary N) is 1. The number of benzene rings is 1. The van der Waals surface area contributed by atoms with Gasteiger partial charge in [0.05, 0.1) is 11.4 Å². The summed E-state index contributed by atoms with van der Waals surface area (Å²) >= 11 is 6.67. The van der Waals surface area contributed by atoms with E-state index in [2.05, 4.69) is 41.7 Å². The van der Waals surface area contributed by atoms with E-state index in [4.69, 9.17) is 0 Å². The second-order valence-electron chi connectivity index (χ2n) is 4.65. The first kappa shape index (κ1) is 16.5. The Morgan fingerprint density at radius 1 is 1.29 bits per heavy atom. The van der Waals surface area contributed by atoms with Crippen molar-refractivity contribution < 1.29 is 8.42 Å². The highest BCUT2D eigenvalue weighted by Crippen LogP contribution is 2.30. The van der Waals surface area contributed by atoms with E-state index in [1.165, 1.54) is 0 Å². The van der Waals surface area contributed by atoms with Crippen molar-refractivity contribution in [3.8, 4) is 0 Å². The van der Waals surface area contributed by atoms with E-state index in [0.29, 0.717) is 22.3 Å². The number of nitrogens with zero attached hydrogens (tertiary/aromatic N) is 2. The summed E-state index contributed by atoms with van der Waals surface area (Å²) in [7, 11) is -1.92. The molecule has 8 heteroatoms.